The van der Waals surface area contributed by atoms with Crippen LogP contribution in [-0.4, -0.2) is 45.0 Å². The number of sulfone groups is 1. The van der Waals surface area contributed by atoms with E-state index in [0.29, 0.717) is 17.7 Å². The zero-order chi connectivity index (χ0) is 10.1. The van der Waals surface area contributed by atoms with Gasteiger partial charge in [0.1, 0.15) is 9.84 Å². The Bertz CT molecular complexity index is 269. The maximum atomic E-state index is 10.9. The van der Waals surface area contributed by atoms with Crippen molar-refractivity contribution in [3.8, 4) is 0 Å². The smallest absolute Gasteiger partial charge is 0.148 e. The van der Waals surface area contributed by atoms with Crippen LogP contribution >= 0.6 is 0 Å². The molecular weight excluding hydrogens is 186 g/mol. The molecular formula is C9H19NO2S. The summed E-state index contributed by atoms with van der Waals surface area (Å²) in [6.07, 6.45) is 2.48. The van der Waals surface area contributed by atoms with Crippen molar-refractivity contribution in [1.29, 1.82) is 0 Å². The van der Waals surface area contributed by atoms with Gasteiger partial charge in [-0.05, 0) is 18.4 Å². The van der Waals surface area contributed by atoms with Crippen molar-refractivity contribution in [1.82, 2.24) is 4.90 Å². The maximum Gasteiger partial charge on any atom is 0.148 e. The van der Waals surface area contributed by atoms with Crippen LogP contribution in [0.3, 0.4) is 0 Å². The number of rotatable bonds is 3. The van der Waals surface area contributed by atoms with Gasteiger partial charge in [0.2, 0.25) is 0 Å². The monoisotopic (exact) mass is 205 g/mol. The first kappa shape index (κ1) is 11.0. The summed E-state index contributed by atoms with van der Waals surface area (Å²) >= 11 is 0. The summed E-state index contributed by atoms with van der Waals surface area (Å²) in [7, 11) is -2.79. The van der Waals surface area contributed by atoms with Gasteiger partial charge in [-0.1, -0.05) is 13.8 Å². The van der Waals surface area contributed by atoms with Crippen molar-refractivity contribution in [2.75, 3.05) is 31.6 Å². The zero-order valence-electron chi connectivity index (χ0n) is 8.71. The number of likely N-dealkylation sites (tertiary alicyclic amines) is 1. The van der Waals surface area contributed by atoms with E-state index < -0.39 is 9.84 Å². The quantitative estimate of drug-likeness (QED) is 0.683. The third kappa shape index (κ3) is 4.09. The molecule has 1 heterocycles. The number of hydrogen-bond acceptors (Lipinski definition) is 3. The molecule has 78 valence electrons. The molecule has 1 rings (SSSR count). The topological polar surface area (TPSA) is 37.4 Å². The lowest BCUT2D eigenvalue weighted by Gasteiger charge is -2.18. The second-order valence-corrected chi connectivity index (χ2v) is 7.08. The highest BCUT2D eigenvalue weighted by atomic mass is 32.2. The van der Waals surface area contributed by atoms with Gasteiger partial charge in [0.15, 0.2) is 0 Å². The van der Waals surface area contributed by atoms with Crippen LogP contribution in [0, 0.1) is 5.41 Å². The highest BCUT2D eigenvalue weighted by Gasteiger charge is 2.28. The third-order valence-corrected chi connectivity index (χ3v) is 3.46. The molecule has 3 nitrogen and oxygen atoms in total. The summed E-state index contributed by atoms with van der Waals surface area (Å²) in [6.45, 7) is 7.23. The van der Waals surface area contributed by atoms with Gasteiger partial charge in [0.25, 0.3) is 0 Å². The average Bonchev–Trinajstić information content (AvgIpc) is 2.24. The Kier molecular flexibility index (Phi) is 3.02. The Hall–Kier alpha value is -0.0900. The Labute approximate surface area is 81.0 Å². The SMILES string of the molecule is CC1(C)CCN(CCS(C)(=O)=O)C1. The van der Waals surface area contributed by atoms with Crippen LogP contribution in [0.4, 0.5) is 0 Å². The normalized spacial score (nSPS) is 23.6. The molecule has 0 amide bonds. The Morgan fingerprint density at radius 1 is 1.38 bits per heavy atom. The molecule has 13 heavy (non-hydrogen) atoms. The molecule has 0 aromatic heterocycles. The molecule has 1 aliphatic heterocycles. The van der Waals surface area contributed by atoms with Crippen LogP contribution in [0.1, 0.15) is 20.3 Å². The second-order valence-electron chi connectivity index (χ2n) is 4.82. The fourth-order valence-corrected chi connectivity index (χ4v) is 2.30. The zero-order valence-corrected chi connectivity index (χ0v) is 9.52. The molecule has 0 bridgehead atoms. The fourth-order valence-electron chi connectivity index (χ4n) is 1.71. The molecule has 0 aromatic carbocycles. The summed E-state index contributed by atoms with van der Waals surface area (Å²) < 4.78 is 21.8. The van der Waals surface area contributed by atoms with Crippen LogP contribution in [0.2, 0.25) is 0 Å². The number of nitrogens with zero attached hydrogens (tertiary/aromatic N) is 1. The minimum absolute atomic E-state index is 0.295. The predicted molar refractivity (Wildman–Crippen MR) is 54.5 cm³/mol. The summed E-state index contributed by atoms with van der Waals surface area (Å²) in [4.78, 5) is 2.24. The minimum atomic E-state index is -2.79. The largest absolute Gasteiger partial charge is 0.302 e. The molecule has 0 aromatic rings. The van der Waals surface area contributed by atoms with Crippen molar-refractivity contribution >= 4 is 9.84 Å². The molecule has 0 radical (unpaired) electrons. The van der Waals surface area contributed by atoms with Crippen LogP contribution < -0.4 is 0 Å². The molecule has 0 aliphatic carbocycles. The van der Waals surface area contributed by atoms with Crippen LogP contribution in [0.25, 0.3) is 0 Å². The van der Waals surface area contributed by atoms with E-state index in [0.717, 1.165) is 13.1 Å². The van der Waals surface area contributed by atoms with Crippen molar-refractivity contribution in [2.24, 2.45) is 5.41 Å². The third-order valence-electron chi connectivity index (χ3n) is 2.53. The van der Waals surface area contributed by atoms with Crippen LogP contribution in [-0.2, 0) is 9.84 Å². The molecule has 1 aliphatic rings. The van der Waals surface area contributed by atoms with Crippen molar-refractivity contribution in [3.63, 3.8) is 0 Å². The lowest BCUT2D eigenvalue weighted by molar-refractivity contribution is 0.304. The van der Waals surface area contributed by atoms with E-state index in [9.17, 15) is 8.42 Å². The number of hydrogen-bond donors (Lipinski definition) is 0. The van der Waals surface area contributed by atoms with E-state index in [1.165, 1.54) is 12.7 Å². The highest BCUT2D eigenvalue weighted by Crippen LogP contribution is 2.28. The molecule has 0 unspecified atom stereocenters. The van der Waals surface area contributed by atoms with E-state index in [1.807, 2.05) is 0 Å². The van der Waals surface area contributed by atoms with Gasteiger partial charge in [0, 0.05) is 19.3 Å². The standard InChI is InChI=1S/C9H19NO2S/c1-9(2)4-5-10(8-9)6-7-13(3,11)12/h4-8H2,1-3H3. The lowest BCUT2D eigenvalue weighted by Crippen LogP contribution is -2.28. The average molecular weight is 205 g/mol. The Morgan fingerprint density at radius 3 is 2.38 bits per heavy atom. The van der Waals surface area contributed by atoms with Gasteiger partial charge in [0.05, 0.1) is 5.75 Å². The molecule has 1 saturated heterocycles. The summed E-state index contributed by atoms with van der Waals surface area (Å²) in [5.74, 6) is 0.295. The Balaban J connectivity index is 2.34. The van der Waals surface area contributed by atoms with Gasteiger partial charge in [-0.3, -0.25) is 0 Å². The fraction of sp³-hybridized carbons (Fsp3) is 1.00. The van der Waals surface area contributed by atoms with Gasteiger partial charge < -0.3 is 4.90 Å². The molecule has 4 heteroatoms. The highest BCUT2D eigenvalue weighted by molar-refractivity contribution is 7.90. The molecule has 0 atom stereocenters. The van der Waals surface area contributed by atoms with E-state index >= 15 is 0 Å². The minimum Gasteiger partial charge on any atom is -0.302 e. The summed E-state index contributed by atoms with van der Waals surface area (Å²) in [5, 5.41) is 0. The molecule has 1 fully saturated rings. The summed E-state index contributed by atoms with van der Waals surface area (Å²) in [6, 6.07) is 0. The van der Waals surface area contributed by atoms with Crippen LogP contribution in [0.5, 0.6) is 0 Å². The van der Waals surface area contributed by atoms with Crippen LogP contribution in [0.15, 0.2) is 0 Å². The van der Waals surface area contributed by atoms with E-state index in [1.54, 1.807) is 0 Å². The van der Waals surface area contributed by atoms with Crippen molar-refractivity contribution < 1.29 is 8.42 Å². The van der Waals surface area contributed by atoms with Crippen molar-refractivity contribution in [2.45, 2.75) is 20.3 Å². The first-order valence-electron chi connectivity index (χ1n) is 4.69. The Morgan fingerprint density at radius 2 is 2.00 bits per heavy atom. The first-order chi connectivity index (χ1) is 5.79. The second kappa shape index (κ2) is 3.58. The van der Waals surface area contributed by atoms with E-state index in [-0.39, 0.29) is 0 Å². The first-order valence-corrected chi connectivity index (χ1v) is 6.75. The summed E-state index contributed by atoms with van der Waals surface area (Å²) in [5.41, 5.74) is 0.373. The molecule has 0 N–H and O–H groups in total. The molecule has 0 spiro atoms. The maximum absolute atomic E-state index is 10.9. The molecule has 0 saturated carbocycles. The van der Waals surface area contributed by atoms with Gasteiger partial charge in [-0.15, -0.1) is 0 Å². The van der Waals surface area contributed by atoms with Crippen molar-refractivity contribution in [3.05, 3.63) is 0 Å². The van der Waals surface area contributed by atoms with Gasteiger partial charge in [-0.2, -0.15) is 0 Å². The van der Waals surface area contributed by atoms with E-state index in [4.69, 9.17) is 0 Å². The lowest BCUT2D eigenvalue weighted by atomic mass is 9.93. The van der Waals surface area contributed by atoms with E-state index in [2.05, 4.69) is 18.7 Å². The van der Waals surface area contributed by atoms with Gasteiger partial charge in [-0.25, -0.2) is 8.42 Å². The predicted octanol–water partition coefficient (Wildman–Crippen LogP) is 0.763. The van der Waals surface area contributed by atoms with Gasteiger partial charge >= 0.3 is 0 Å².